The summed E-state index contributed by atoms with van der Waals surface area (Å²) in [5.74, 6) is 2.58. The highest BCUT2D eigenvalue weighted by Gasteiger charge is 2.26. The normalized spacial score (nSPS) is 17.8. The smallest absolute Gasteiger partial charge is 0.231 e. The summed E-state index contributed by atoms with van der Waals surface area (Å²) in [6.45, 7) is 2.89. The second-order valence-corrected chi connectivity index (χ2v) is 7.19. The van der Waals surface area contributed by atoms with Crippen molar-refractivity contribution in [3.63, 3.8) is 0 Å². The number of nitrogens with zero attached hydrogens (tertiary/aromatic N) is 6. The van der Waals surface area contributed by atoms with Gasteiger partial charge in [0.25, 0.3) is 0 Å². The summed E-state index contributed by atoms with van der Waals surface area (Å²) in [5, 5.41) is 4.14. The van der Waals surface area contributed by atoms with Gasteiger partial charge in [-0.05, 0) is 43.1 Å². The van der Waals surface area contributed by atoms with E-state index in [-0.39, 0.29) is 5.92 Å². The second kappa shape index (κ2) is 7.84. The minimum absolute atomic E-state index is 0.269. The Bertz CT molecular complexity index is 862. The third kappa shape index (κ3) is 4.14. The summed E-state index contributed by atoms with van der Waals surface area (Å²) in [6, 6.07) is 8.04. The number of hydrogen-bond donors (Lipinski definition) is 0. The number of piperidine rings is 1. The number of aromatic nitrogens is 4. The molecule has 27 heavy (non-hydrogen) atoms. The average molecular weight is 364 g/mol. The van der Waals surface area contributed by atoms with Crippen molar-refractivity contribution in [2.75, 3.05) is 32.1 Å². The fourth-order valence-corrected chi connectivity index (χ4v) is 3.45. The molecule has 0 radical (unpaired) electrons. The van der Waals surface area contributed by atoms with E-state index in [0.717, 1.165) is 49.7 Å². The molecule has 4 rings (SSSR count). The molecule has 3 aromatic heterocycles. The molecule has 1 unspecified atom stereocenters. The lowest BCUT2D eigenvalue weighted by molar-refractivity contribution is 0.180. The third-order valence-corrected chi connectivity index (χ3v) is 4.89. The van der Waals surface area contributed by atoms with E-state index in [1.165, 1.54) is 5.56 Å². The molecule has 3 aromatic rings. The number of pyridine rings is 2. The number of likely N-dealkylation sites (tertiary alicyclic amines) is 1. The summed E-state index contributed by atoms with van der Waals surface area (Å²) in [4.78, 5) is 17.7. The van der Waals surface area contributed by atoms with E-state index in [1.807, 2.05) is 37.3 Å². The van der Waals surface area contributed by atoms with E-state index in [2.05, 4.69) is 37.1 Å². The molecule has 7 heteroatoms. The zero-order chi connectivity index (χ0) is 18.6. The Balaban J connectivity index is 1.41. The van der Waals surface area contributed by atoms with Crippen molar-refractivity contribution in [1.29, 1.82) is 0 Å². The van der Waals surface area contributed by atoms with Crippen LogP contribution in [0.25, 0.3) is 11.4 Å². The molecule has 0 saturated carbocycles. The van der Waals surface area contributed by atoms with Crippen LogP contribution in [0, 0.1) is 0 Å². The van der Waals surface area contributed by atoms with Crippen molar-refractivity contribution in [2.45, 2.75) is 25.3 Å². The van der Waals surface area contributed by atoms with Gasteiger partial charge >= 0.3 is 0 Å². The van der Waals surface area contributed by atoms with Gasteiger partial charge in [-0.2, -0.15) is 4.98 Å². The Morgan fingerprint density at radius 1 is 1.22 bits per heavy atom. The predicted octanol–water partition coefficient (Wildman–Crippen LogP) is 2.97. The standard InChI is InChI=1S/C20H24N6O/c1-25(2)18-8-7-15(11-22-18)13-26-10-4-6-17(14-26)20-23-19(24-27-20)16-5-3-9-21-12-16/h3,5,7-9,11-12,17H,4,6,10,13-14H2,1-2H3. The first-order valence-corrected chi connectivity index (χ1v) is 9.27. The molecule has 0 spiro atoms. The van der Waals surface area contributed by atoms with Crippen molar-refractivity contribution in [1.82, 2.24) is 25.0 Å². The molecule has 7 nitrogen and oxygen atoms in total. The van der Waals surface area contributed by atoms with Crippen molar-refractivity contribution >= 4 is 5.82 Å². The number of rotatable bonds is 5. The van der Waals surface area contributed by atoms with Gasteiger partial charge in [-0.15, -0.1) is 0 Å². The molecule has 1 aliphatic rings. The van der Waals surface area contributed by atoms with Gasteiger partial charge in [0.05, 0.1) is 5.92 Å². The molecule has 140 valence electrons. The largest absolute Gasteiger partial charge is 0.363 e. The van der Waals surface area contributed by atoms with E-state index in [0.29, 0.717) is 5.82 Å². The van der Waals surface area contributed by atoms with Crippen molar-refractivity contribution in [3.05, 3.63) is 54.3 Å². The molecular formula is C20H24N6O. The summed E-state index contributed by atoms with van der Waals surface area (Å²) >= 11 is 0. The monoisotopic (exact) mass is 364 g/mol. The molecule has 0 N–H and O–H groups in total. The maximum absolute atomic E-state index is 5.57. The Labute approximate surface area is 159 Å². The van der Waals surface area contributed by atoms with Gasteiger partial charge < -0.3 is 9.42 Å². The second-order valence-electron chi connectivity index (χ2n) is 7.19. The van der Waals surface area contributed by atoms with Gasteiger partial charge in [-0.25, -0.2) is 4.98 Å². The lowest BCUT2D eigenvalue weighted by Crippen LogP contribution is -2.34. The molecule has 4 heterocycles. The lowest BCUT2D eigenvalue weighted by Gasteiger charge is -2.30. The summed E-state index contributed by atoms with van der Waals surface area (Å²) in [5.41, 5.74) is 2.11. The van der Waals surface area contributed by atoms with E-state index in [1.54, 1.807) is 12.4 Å². The van der Waals surface area contributed by atoms with Crippen LogP contribution >= 0.6 is 0 Å². The van der Waals surface area contributed by atoms with Crippen LogP contribution in [0.2, 0.25) is 0 Å². The first-order valence-electron chi connectivity index (χ1n) is 9.27. The molecule has 1 aliphatic heterocycles. The molecule has 0 bridgehead atoms. The summed E-state index contributed by atoms with van der Waals surface area (Å²) in [7, 11) is 4.00. The van der Waals surface area contributed by atoms with Crippen LogP contribution in [0.1, 0.15) is 30.2 Å². The van der Waals surface area contributed by atoms with Crippen LogP contribution in [0.4, 0.5) is 5.82 Å². The van der Waals surface area contributed by atoms with E-state index in [4.69, 9.17) is 4.52 Å². The summed E-state index contributed by atoms with van der Waals surface area (Å²) in [6.07, 6.45) is 7.66. The SMILES string of the molecule is CN(C)c1ccc(CN2CCCC(c3nc(-c4cccnc4)no3)C2)cn1. The van der Waals surface area contributed by atoms with Crippen LogP contribution in [-0.4, -0.2) is 52.2 Å². The highest BCUT2D eigenvalue weighted by atomic mass is 16.5. The van der Waals surface area contributed by atoms with Gasteiger partial charge in [0.2, 0.25) is 11.7 Å². The van der Waals surface area contributed by atoms with Crippen LogP contribution in [-0.2, 0) is 6.54 Å². The highest BCUT2D eigenvalue weighted by Crippen LogP contribution is 2.28. The Kier molecular flexibility index (Phi) is 5.11. The van der Waals surface area contributed by atoms with E-state index < -0.39 is 0 Å². The van der Waals surface area contributed by atoms with E-state index in [9.17, 15) is 0 Å². The van der Waals surface area contributed by atoms with E-state index >= 15 is 0 Å². The van der Waals surface area contributed by atoms with Gasteiger partial charge in [-0.1, -0.05) is 11.2 Å². The van der Waals surface area contributed by atoms with Crippen LogP contribution in [0.5, 0.6) is 0 Å². The van der Waals surface area contributed by atoms with Gasteiger partial charge in [-0.3, -0.25) is 9.88 Å². The van der Waals surface area contributed by atoms with Crippen LogP contribution in [0.3, 0.4) is 0 Å². The maximum Gasteiger partial charge on any atom is 0.231 e. The Hall–Kier alpha value is -2.80. The average Bonchev–Trinajstić information content (AvgIpc) is 3.20. The van der Waals surface area contributed by atoms with Gasteiger partial charge in [0.1, 0.15) is 5.82 Å². The molecule has 1 atom stereocenters. The number of hydrogen-bond acceptors (Lipinski definition) is 7. The topological polar surface area (TPSA) is 71.2 Å². The fraction of sp³-hybridized carbons (Fsp3) is 0.400. The molecule has 0 aromatic carbocycles. The highest BCUT2D eigenvalue weighted by molar-refractivity contribution is 5.51. The molecule has 1 saturated heterocycles. The first kappa shape index (κ1) is 17.6. The maximum atomic E-state index is 5.57. The summed E-state index contributed by atoms with van der Waals surface area (Å²) < 4.78 is 5.57. The Morgan fingerprint density at radius 3 is 2.89 bits per heavy atom. The van der Waals surface area contributed by atoms with Crippen LogP contribution in [0.15, 0.2) is 47.4 Å². The third-order valence-electron chi connectivity index (χ3n) is 4.89. The predicted molar refractivity (Wildman–Crippen MR) is 103 cm³/mol. The molecule has 1 fully saturated rings. The molecule has 0 amide bonds. The minimum atomic E-state index is 0.269. The minimum Gasteiger partial charge on any atom is -0.363 e. The van der Waals surface area contributed by atoms with Crippen molar-refractivity contribution in [2.24, 2.45) is 0 Å². The molecular weight excluding hydrogens is 340 g/mol. The lowest BCUT2D eigenvalue weighted by atomic mass is 9.97. The van der Waals surface area contributed by atoms with Crippen molar-refractivity contribution < 1.29 is 4.52 Å². The zero-order valence-corrected chi connectivity index (χ0v) is 15.7. The quantitative estimate of drug-likeness (QED) is 0.689. The Morgan fingerprint density at radius 2 is 2.15 bits per heavy atom. The van der Waals surface area contributed by atoms with Crippen molar-refractivity contribution in [3.8, 4) is 11.4 Å². The zero-order valence-electron chi connectivity index (χ0n) is 15.7. The fourth-order valence-electron chi connectivity index (χ4n) is 3.45. The van der Waals surface area contributed by atoms with Gasteiger partial charge in [0.15, 0.2) is 0 Å². The van der Waals surface area contributed by atoms with Gasteiger partial charge in [0, 0.05) is 51.3 Å². The number of anilines is 1. The molecule has 0 aliphatic carbocycles. The van der Waals surface area contributed by atoms with Crippen LogP contribution < -0.4 is 4.90 Å². The first-order chi connectivity index (χ1) is 13.2.